The summed E-state index contributed by atoms with van der Waals surface area (Å²) < 4.78 is 0. The van der Waals surface area contributed by atoms with Crippen LogP contribution in [0, 0.1) is 5.92 Å². The van der Waals surface area contributed by atoms with Crippen molar-refractivity contribution in [2.75, 3.05) is 6.54 Å². The lowest BCUT2D eigenvalue weighted by molar-refractivity contribution is 0.233. The van der Waals surface area contributed by atoms with Crippen LogP contribution in [-0.2, 0) is 5.41 Å². The molecule has 1 aromatic carbocycles. The van der Waals surface area contributed by atoms with Crippen LogP contribution >= 0.6 is 0 Å². The van der Waals surface area contributed by atoms with Crippen LogP contribution in [0.4, 0.5) is 0 Å². The molecule has 0 aliphatic carbocycles. The summed E-state index contributed by atoms with van der Waals surface area (Å²) >= 11 is 0. The van der Waals surface area contributed by atoms with E-state index in [2.05, 4.69) is 70.3 Å². The number of rotatable bonds is 10. The zero-order chi connectivity index (χ0) is 15.7. The number of hydrogen-bond donors (Lipinski definition) is 1. The second-order valence-corrected chi connectivity index (χ2v) is 6.47. The van der Waals surface area contributed by atoms with E-state index < -0.39 is 0 Å². The molecule has 0 saturated carbocycles. The molecule has 0 saturated heterocycles. The van der Waals surface area contributed by atoms with Gasteiger partial charge in [-0.15, -0.1) is 0 Å². The fourth-order valence-electron chi connectivity index (χ4n) is 3.89. The van der Waals surface area contributed by atoms with E-state index in [1.807, 2.05) is 0 Å². The van der Waals surface area contributed by atoms with Crippen molar-refractivity contribution in [3.63, 3.8) is 0 Å². The molecule has 0 aliphatic rings. The number of nitrogens with one attached hydrogen (secondary N) is 1. The minimum Gasteiger partial charge on any atom is -0.313 e. The highest BCUT2D eigenvalue weighted by Gasteiger charge is 2.37. The molecule has 2 atom stereocenters. The summed E-state index contributed by atoms with van der Waals surface area (Å²) in [5, 5.41) is 3.81. The predicted octanol–water partition coefficient (Wildman–Crippen LogP) is 5.55. The Kier molecular flexibility index (Phi) is 8.03. The van der Waals surface area contributed by atoms with Crippen LogP contribution in [0.15, 0.2) is 30.3 Å². The second kappa shape index (κ2) is 9.25. The third kappa shape index (κ3) is 4.57. The third-order valence-electron chi connectivity index (χ3n) is 5.15. The maximum Gasteiger partial charge on any atom is 0.0166 e. The molecule has 0 aromatic heterocycles. The van der Waals surface area contributed by atoms with Crippen molar-refractivity contribution in [3.8, 4) is 0 Å². The minimum absolute atomic E-state index is 0.263. The van der Waals surface area contributed by atoms with E-state index in [4.69, 9.17) is 0 Å². The van der Waals surface area contributed by atoms with E-state index in [0.29, 0.717) is 6.04 Å². The fourth-order valence-corrected chi connectivity index (χ4v) is 3.89. The van der Waals surface area contributed by atoms with Crippen molar-refractivity contribution < 1.29 is 0 Å². The van der Waals surface area contributed by atoms with Gasteiger partial charge in [-0.2, -0.15) is 0 Å². The van der Waals surface area contributed by atoms with Gasteiger partial charge in [0.05, 0.1) is 0 Å². The zero-order valence-corrected chi connectivity index (χ0v) is 14.8. The average molecular weight is 290 g/mol. The molecule has 0 heterocycles. The highest BCUT2D eigenvalue weighted by molar-refractivity contribution is 5.27. The smallest absolute Gasteiger partial charge is 0.0166 e. The van der Waals surface area contributed by atoms with Gasteiger partial charge in [-0.1, -0.05) is 77.8 Å². The molecule has 0 bridgehead atoms. The normalized spacial score (nSPS) is 14.9. The SMILES string of the molecule is CCCC(C)CC(NCC)C(CC)(CC)c1ccccc1. The Bertz CT molecular complexity index is 367. The molecule has 120 valence electrons. The molecule has 1 rings (SSSR count). The Balaban J connectivity index is 3.07. The van der Waals surface area contributed by atoms with Gasteiger partial charge in [0.1, 0.15) is 0 Å². The molecule has 21 heavy (non-hydrogen) atoms. The Morgan fingerprint density at radius 3 is 2.10 bits per heavy atom. The first-order valence-electron chi connectivity index (χ1n) is 8.93. The Labute approximate surface area is 132 Å². The Morgan fingerprint density at radius 1 is 1.00 bits per heavy atom. The minimum atomic E-state index is 0.263. The van der Waals surface area contributed by atoms with E-state index >= 15 is 0 Å². The highest BCUT2D eigenvalue weighted by Crippen LogP contribution is 2.38. The van der Waals surface area contributed by atoms with Crippen LogP contribution in [0.3, 0.4) is 0 Å². The molecule has 0 fully saturated rings. The maximum absolute atomic E-state index is 3.81. The van der Waals surface area contributed by atoms with Gasteiger partial charge in [0, 0.05) is 11.5 Å². The van der Waals surface area contributed by atoms with Gasteiger partial charge in [0.15, 0.2) is 0 Å². The van der Waals surface area contributed by atoms with Crippen LogP contribution in [0.25, 0.3) is 0 Å². The van der Waals surface area contributed by atoms with Gasteiger partial charge in [-0.05, 0) is 37.3 Å². The predicted molar refractivity (Wildman–Crippen MR) is 94.9 cm³/mol. The summed E-state index contributed by atoms with van der Waals surface area (Å²) in [6.45, 7) is 12.7. The van der Waals surface area contributed by atoms with Crippen LogP contribution in [0.5, 0.6) is 0 Å². The summed E-state index contributed by atoms with van der Waals surface area (Å²) in [4.78, 5) is 0. The van der Waals surface area contributed by atoms with E-state index in [0.717, 1.165) is 12.5 Å². The second-order valence-electron chi connectivity index (χ2n) is 6.47. The van der Waals surface area contributed by atoms with E-state index in [1.165, 1.54) is 37.7 Å². The third-order valence-corrected chi connectivity index (χ3v) is 5.15. The standard InChI is InChI=1S/C20H35N/c1-6-13-17(5)16-19(21-9-4)20(7-2,8-3)18-14-11-10-12-15-18/h10-12,14-15,17,19,21H,6-9,13,16H2,1-5H3. The highest BCUT2D eigenvalue weighted by atomic mass is 14.9. The summed E-state index contributed by atoms with van der Waals surface area (Å²) in [5.74, 6) is 0.792. The molecule has 2 unspecified atom stereocenters. The lowest BCUT2D eigenvalue weighted by atomic mass is 9.67. The quantitative estimate of drug-likeness (QED) is 0.595. The van der Waals surface area contributed by atoms with Crippen molar-refractivity contribution in [2.24, 2.45) is 5.92 Å². The maximum atomic E-state index is 3.81. The number of likely N-dealkylation sites (N-methyl/N-ethyl adjacent to an activating group) is 1. The lowest BCUT2D eigenvalue weighted by Gasteiger charge is -2.42. The number of benzene rings is 1. The largest absolute Gasteiger partial charge is 0.313 e. The lowest BCUT2D eigenvalue weighted by Crippen LogP contribution is -2.48. The first-order chi connectivity index (χ1) is 10.1. The molecule has 0 amide bonds. The molecule has 1 nitrogen and oxygen atoms in total. The van der Waals surface area contributed by atoms with Gasteiger partial charge in [-0.25, -0.2) is 0 Å². The Morgan fingerprint density at radius 2 is 1.62 bits per heavy atom. The number of hydrogen-bond acceptors (Lipinski definition) is 1. The van der Waals surface area contributed by atoms with Crippen LogP contribution in [0.2, 0.25) is 0 Å². The van der Waals surface area contributed by atoms with E-state index in [1.54, 1.807) is 0 Å². The van der Waals surface area contributed by atoms with E-state index in [-0.39, 0.29) is 5.41 Å². The van der Waals surface area contributed by atoms with E-state index in [9.17, 15) is 0 Å². The van der Waals surface area contributed by atoms with Crippen molar-refractivity contribution in [1.29, 1.82) is 0 Å². The molecule has 1 heteroatoms. The van der Waals surface area contributed by atoms with Gasteiger partial charge in [0.25, 0.3) is 0 Å². The Hall–Kier alpha value is -0.820. The molecular formula is C20H35N. The summed E-state index contributed by atoms with van der Waals surface area (Å²) in [7, 11) is 0. The monoisotopic (exact) mass is 289 g/mol. The topological polar surface area (TPSA) is 12.0 Å². The van der Waals surface area contributed by atoms with Gasteiger partial charge in [-0.3, -0.25) is 0 Å². The first-order valence-corrected chi connectivity index (χ1v) is 8.93. The van der Waals surface area contributed by atoms with Gasteiger partial charge in [0.2, 0.25) is 0 Å². The molecule has 1 aromatic rings. The van der Waals surface area contributed by atoms with Crippen molar-refractivity contribution >= 4 is 0 Å². The molecule has 1 N–H and O–H groups in total. The molecule has 0 spiro atoms. The summed E-state index contributed by atoms with van der Waals surface area (Å²) in [5.41, 5.74) is 1.77. The fraction of sp³-hybridized carbons (Fsp3) is 0.700. The summed E-state index contributed by atoms with van der Waals surface area (Å²) in [6.07, 6.45) is 6.29. The van der Waals surface area contributed by atoms with Gasteiger partial charge < -0.3 is 5.32 Å². The zero-order valence-electron chi connectivity index (χ0n) is 14.8. The van der Waals surface area contributed by atoms with Crippen molar-refractivity contribution in [3.05, 3.63) is 35.9 Å². The van der Waals surface area contributed by atoms with Crippen molar-refractivity contribution in [1.82, 2.24) is 5.32 Å². The molecule has 0 radical (unpaired) electrons. The van der Waals surface area contributed by atoms with Crippen LogP contribution in [-0.4, -0.2) is 12.6 Å². The first kappa shape index (κ1) is 18.2. The summed E-state index contributed by atoms with van der Waals surface area (Å²) in [6, 6.07) is 11.7. The van der Waals surface area contributed by atoms with Gasteiger partial charge >= 0.3 is 0 Å². The van der Waals surface area contributed by atoms with Crippen molar-refractivity contribution in [2.45, 2.75) is 78.2 Å². The van der Waals surface area contributed by atoms with Crippen LogP contribution in [0.1, 0.15) is 72.3 Å². The molecular weight excluding hydrogens is 254 g/mol. The molecule has 0 aliphatic heterocycles. The van der Waals surface area contributed by atoms with Crippen LogP contribution < -0.4 is 5.32 Å². The average Bonchev–Trinajstić information content (AvgIpc) is 2.50.